The van der Waals surface area contributed by atoms with Gasteiger partial charge in [-0.25, -0.2) is 4.79 Å². The molecule has 202 valence electrons. The van der Waals surface area contributed by atoms with E-state index in [4.69, 9.17) is 9.47 Å². The predicted molar refractivity (Wildman–Crippen MR) is 150 cm³/mol. The fourth-order valence-corrected chi connectivity index (χ4v) is 5.60. The monoisotopic (exact) mass is 535 g/mol. The molecule has 0 radical (unpaired) electrons. The van der Waals surface area contributed by atoms with Gasteiger partial charge in [0.15, 0.2) is 5.60 Å². The molecule has 7 heteroatoms. The molecule has 1 amide bonds. The lowest BCUT2D eigenvalue weighted by Gasteiger charge is -2.36. The van der Waals surface area contributed by atoms with Gasteiger partial charge in [-0.3, -0.25) is 4.79 Å². The second kappa shape index (κ2) is 9.45. The van der Waals surface area contributed by atoms with Gasteiger partial charge in [-0.15, -0.1) is 0 Å². The van der Waals surface area contributed by atoms with Crippen molar-refractivity contribution < 1.29 is 29.3 Å². The van der Waals surface area contributed by atoms with E-state index in [1.54, 1.807) is 30.3 Å². The van der Waals surface area contributed by atoms with E-state index < -0.39 is 17.5 Å². The Morgan fingerprint density at radius 1 is 0.825 bits per heavy atom. The minimum atomic E-state index is -1.34. The summed E-state index contributed by atoms with van der Waals surface area (Å²) in [5.74, 6) is 0.0142. The number of fused-ring (bicyclic) bond motifs is 6. The zero-order valence-corrected chi connectivity index (χ0v) is 22.4. The topological polar surface area (TPSA) is 105 Å². The van der Waals surface area contributed by atoms with Crippen LogP contribution in [0.1, 0.15) is 64.9 Å². The molecule has 6 rings (SSSR count). The molecule has 0 aliphatic carbocycles. The van der Waals surface area contributed by atoms with Gasteiger partial charge in [-0.05, 0) is 66.8 Å². The highest BCUT2D eigenvalue weighted by atomic mass is 16.6. The highest BCUT2D eigenvalue weighted by Gasteiger charge is 2.53. The molecule has 0 unspecified atom stereocenters. The molecule has 0 saturated heterocycles. The smallest absolute Gasteiger partial charge is 0.340 e. The molecule has 1 spiro atoms. The van der Waals surface area contributed by atoms with Crippen molar-refractivity contribution in [2.75, 3.05) is 5.32 Å². The molecule has 3 N–H and O–H groups in total. The first kappa shape index (κ1) is 25.5. The van der Waals surface area contributed by atoms with Crippen LogP contribution < -0.4 is 10.1 Å². The van der Waals surface area contributed by atoms with E-state index in [1.807, 2.05) is 19.1 Å². The largest absolute Gasteiger partial charge is 0.508 e. The summed E-state index contributed by atoms with van der Waals surface area (Å²) in [5, 5.41) is 23.1. The maximum Gasteiger partial charge on any atom is 0.340 e. The van der Waals surface area contributed by atoms with Crippen molar-refractivity contribution in [3.63, 3.8) is 0 Å². The third-order valence-electron chi connectivity index (χ3n) is 7.56. The van der Waals surface area contributed by atoms with Crippen molar-refractivity contribution in [3.05, 3.63) is 112 Å². The van der Waals surface area contributed by atoms with Crippen LogP contribution in [0.4, 0.5) is 5.69 Å². The Morgan fingerprint density at radius 2 is 1.43 bits per heavy atom. The van der Waals surface area contributed by atoms with Crippen molar-refractivity contribution in [3.8, 4) is 23.0 Å². The SMILES string of the molecule is CC(C)Cc1ccc([C@H](C)C(=O)Nc2ccc3c(c2)C(=O)OC32c3ccc(O)cc3Oc3cc(O)ccc32)cc1. The molecule has 2 aliphatic heterocycles. The minimum absolute atomic E-state index is 0.0104. The second-order valence-electron chi connectivity index (χ2n) is 10.8. The van der Waals surface area contributed by atoms with Gasteiger partial charge >= 0.3 is 5.97 Å². The molecule has 40 heavy (non-hydrogen) atoms. The van der Waals surface area contributed by atoms with Crippen LogP contribution in [-0.4, -0.2) is 22.1 Å². The number of phenols is 2. The predicted octanol–water partition coefficient (Wildman–Crippen LogP) is 6.61. The van der Waals surface area contributed by atoms with Gasteiger partial charge in [0.05, 0.1) is 11.5 Å². The van der Waals surface area contributed by atoms with Crippen molar-refractivity contribution in [1.29, 1.82) is 0 Å². The molecule has 0 aromatic heterocycles. The summed E-state index contributed by atoms with van der Waals surface area (Å²) in [6, 6.07) is 22.5. The normalized spacial score (nSPS) is 15.1. The molecular weight excluding hydrogens is 506 g/mol. The number of rotatable bonds is 5. The number of carbonyl (C=O) groups excluding carboxylic acids is 2. The van der Waals surface area contributed by atoms with E-state index in [0.29, 0.717) is 45.4 Å². The maximum absolute atomic E-state index is 13.3. The standard InChI is InChI=1S/C33H29NO6/c1-18(2)14-20-4-6-21(7-5-20)19(3)31(37)34-22-8-11-26-25(15-22)32(38)40-33(26)27-12-9-23(35)16-29(27)39-30-17-24(36)10-13-28(30)33/h4-13,15-19,35-36H,14H2,1-3H3,(H,34,37)/t19-/m0/s1. The second-order valence-corrected chi connectivity index (χ2v) is 10.8. The van der Waals surface area contributed by atoms with Crippen molar-refractivity contribution >= 4 is 17.6 Å². The third-order valence-corrected chi connectivity index (χ3v) is 7.56. The van der Waals surface area contributed by atoms with Gasteiger partial charge in [0, 0.05) is 34.5 Å². The highest BCUT2D eigenvalue weighted by Crippen LogP contribution is 2.57. The number of carbonyl (C=O) groups is 2. The van der Waals surface area contributed by atoms with E-state index in [9.17, 15) is 19.8 Å². The molecule has 4 aromatic carbocycles. The average molecular weight is 536 g/mol. The minimum Gasteiger partial charge on any atom is -0.508 e. The fourth-order valence-electron chi connectivity index (χ4n) is 5.60. The summed E-state index contributed by atoms with van der Waals surface area (Å²) in [4.78, 5) is 26.5. The Kier molecular flexibility index (Phi) is 6.02. The number of nitrogens with one attached hydrogen (secondary N) is 1. The van der Waals surface area contributed by atoms with Crippen LogP contribution in [0, 0.1) is 5.92 Å². The lowest BCUT2D eigenvalue weighted by Crippen LogP contribution is -2.32. The fraction of sp³-hybridized carbons (Fsp3) is 0.212. The number of hydrogen-bond acceptors (Lipinski definition) is 6. The molecule has 1 atom stereocenters. The zero-order valence-electron chi connectivity index (χ0n) is 22.4. The molecule has 0 fully saturated rings. The molecular formula is C33H29NO6. The van der Waals surface area contributed by atoms with Crippen molar-refractivity contribution in [1.82, 2.24) is 0 Å². The molecule has 2 heterocycles. The van der Waals surface area contributed by atoms with Gasteiger partial charge in [0.1, 0.15) is 23.0 Å². The van der Waals surface area contributed by atoms with Crippen LogP contribution in [-0.2, 0) is 21.6 Å². The van der Waals surface area contributed by atoms with Gasteiger partial charge in [-0.2, -0.15) is 0 Å². The number of esters is 1. The average Bonchev–Trinajstić information content (AvgIpc) is 3.20. The summed E-state index contributed by atoms with van der Waals surface area (Å²) in [6.07, 6.45) is 0.983. The van der Waals surface area contributed by atoms with E-state index in [1.165, 1.54) is 29.8 Å². The van der Waals surface area contributed by atoms with E-state index in [-0.39, 0.29) is 17.4 Å². The summed E-state index contributed by atoms with van der Waals surface area (Å²) in [5.41, 5.74) is 3.25. The van der Waals surface area contributed by atoms with Gasteiger partial charge < -0.3 is 25.0 Å². The summed E-state index contributed by atoms with van der Waals surface area (Å²) < 4.78 is 12.1. The number of hydrogen-bond donors (Lipinski definition) is 3. The van der Waals surface area contributed by atoms with Gasteiger partial charge in [0.2, 0.25) is 5.91 Å². The number of benzene rings is 4. The first-order valence-electron chi connectivity index (χ1n) is 13.3. The molecule has 4 aromatic rings. The Hall–Kier alpha value is -4.78. The van der Waals surface area contributed by atoms with E-state index in [0.717, 1.165) is 12.0 Å². The van der Waals surface area contributed by atoms with Crippen LogP contribution in [0.2, 0.25) is 0 Å². The third kappa shape index (κ3) is 4.14. The summed E-state index contributed by atoms with van der Waals surface area (Å²) in [7, 11) is 0. The molecule has 0 saturated carbocycles. The highest BCUT2D eigenvalue weighted by molar-refractivity contribution is 6.00. The Bertz CT molecular complexity index is 1610. The van der Waals surface area contributed by atoms with Crippen molar-refractivity contribution in [2.24, 2.45) is 5.92 Å². The van der Waals surface area contributed by atoms with Crippen LogP contribution in [0.15, 0.2) is 78.9 Å². The van der Waals surface area contributed by atoms with Crippen LogP contribution >= 0.6 is 0 Å². The molecule has 7 nitrogen and oxygen atoms in total. The van der Waals surface area contributed by atoms with Crippen LogP contribution in [0.3, 0.4) is 0 Å². The van der Waals surface area contributed by atoms with Crippen LogP contribution in [0.25, 0.3) is 0 Å². The number of aromatic hydroxyl groups is 2. The first-order valence-corrected chi connectivity index (χ1v) is 13.3. The Balaban J connectivity index is 1.34. The van der Waals surface area contributed by atoms with E-state index in [2.05, 4.69) is 31.3 Å². The quantitative estimate of drug-likeness (QED) is 0.249. The zero-order chi connectivity index (χ0) is 28.2. The number of phenolic OH excluding ortho intramolecular Hbond substituents is 2. The molecule has 0 bridgehead atoms. The van der Waals surface area contributed by atoms with Gasteiger partial charge in [0.25, 0.3) is 0 Å². The van der Waals surface area contributed by atoms with Crippen LogP contribution in [0.5, 0.6) is 23.0 Å². The Morgan fingerprint density at radius 3 is 2.02 bits per heavy atom. The van der Waals surface area contributed by atoms with E-state index >= 15 is 0 Å². The molecule has 2 aliphatic rings. The number of ether oxygens (including phenoxy) is 2. The summed E-state index contributed by atoms with van der Waals surface area (Å²) in [6.45, 7) is 6.20. The maximum atomic E-state index is 13.3. The first-order chi connectivity index (χ1) is 19.2. The van der Waals surface area contributed by atoms with Crippen molar-refractivity contribution in [2.45, 2.75) is 38.7 Å². The lowest BCUT2D eigenvalue weighted by atomic mass is 9.77. The number of anilines is 1. The lowest BCUT2D eigenvalue weighted by molar-refractivity contribution is -0.117. The summed E-state index contributed by atoms with van der Waals surface area (Å²) >= 11 is 0. The van der Waals surface area contributed by atoms with Gasteiger partial charge in [-0.1, -0.05) is 44.2 Å². The Labute approximate surface area is 232 Å². The number of amides is 1.